The van der Waals surface area contributed by atoms with Crippen molar-refractivity contribution in [3.8, 4) is 34.5 Å². The monoisotopic (exact) mass is 974 g/mol. The van der Waals surface area contributed by atoms with Crippen LogP contribution in [0.2, 0.25) is 0 Å². The third kappa shape index (κ3) is 13.6. The fraction of sp³-hybridized carbons (Fsp3) is 0.191. The minimum atomic E-state index is -4.77. The van der Waals surface area contributed by atoms with E-state index in [0.717, 1.165) is 66.8 Å². The van der Waals surface area contributed by atoms with Crippen molar-refractivity contribution in [2.24, 2.45) is 0 Å². The molecular formula is C47H38F8N2O12. The van der Waals surface area contributed by atoms with Crippen LogP contribution < -0.4 is 39.9 Å². The highest BCUT2D eigenvalue weighted by Gasteiger charge is 2.45. The van der Waals surface area contributed by atoms with E-state index in [1.54, 1.807) is 0 Å². The Balaban J connectivity index is 1.28. The first-order chi connectivity index (χ1) is 32.4. The fourth-order valence-electron chi connectivity index (χ4n) is 6.10. The maximum atomic E-state index is 13.5. The van der Waals surface area contributed by atoms with Crippen LogP contribution in [0.5, 0.6) is 34.5 Å². The molecular weight excluding hydrogens is 937 g/mol. The highest BCUT2D eigenvalue weighted by atomic mass is 19.3. The number of allylic oxidation sites excluding steroid dienone is 1. The molecule has 0 amide bonds. The van der Waals surface area contributed by atoms with Gasteiger partial charge < -0.3 is 50.1 Å². The summed E-state index contributed by atoms with van der Waals surface area (Å²) in [5, 5.41) is 22.8. The van der Waals surface area contributed by atoms with Crippen LogP contribution in [0.15, 0.2) is 115 Å². The van der Waals surface area contributed by atoms with Crippen LogP contribution in [0.25, 0.3) is 12.2 Å². The van der Waals surface area contributed by atoms with Crippen molar-refractivity contribution < 1.29 is 92.9 Å². The molecule has 5 aromatic carbocycles. The second kappa shape index (κ2) is 21.8. The molecule has 0 bridgehead atoms. The lowest BCUT2D eigenvalue weighted by Crippen LogP contribution is -2.44. The van der Waals surface area contributed by atoms with Gasteiger partial charge in [0.25, 0.3) is 0 Å². The number of carbonyl (C=O) groups excluding carboxylic acids is 4. The minimum absolute atomic E-state index is 0.00296. The van der Waals surface area contributed by atoms with Crippen LogP contribution >= 0.6 is 0 Å². The molecule has 0 heterocycles. The van der Waals surface area contributed by atoms with Crippen molar-refractivity contribution in [2.75, 3.05) is 25.7 Å². The van der Waals surface area contributed by atoms with Gasteiger partial charge in [0.1, 0.15) is 11.5 Å². The molecule has 0 radical (unpaired) electrons. The Kier molecular flexibility index (Phi) is 16.4. The van der Waals surface area contributed by atoms with Crippen molar-refractivity contribution in [2.45, 2.75) is 43.2 Å². The van der Waals surface area contributed by atoms with E-state index in [-0.39, 0.29) is 56.6 Å². The average Bonchev–Trinajstić information content (AvgIpc) is 3.29. The zero-order valence-corrected chi connectivity index (χ0v) is 35.7. The highest BCUT2D eigenvalue weighted by molar-refractivity contribution is 6.01. The molecule has 22 heteroatoms. The number of aliphatic hydroxyl groups is 2. The molecule has 0 aromatic heterocycles. The molecule has 0 spiro atoms. The van der Waals surface area contributed by atoms with E-state index in [1.165, 1.54) is 74.9 Å². The summed E-state index contributed by atoms with van der Waals surface area (Å²) in [6.07, 6.45) is -14.1. The van der Waals surface area contributed by atoms with Gasteiger partial charge in [-0.1, -0.05) is 24.3 Å². The Morgan fingerprint density at radius 3 is 1.38 bits per heavy atom. The summed E-state index contributed by atoms with van der Waals surface area (Å²) >= 11 is 0. The number of halogens is 8. The average molecular weight is 975 g/mol. The Morgan fingerprint density at radius 2 is 0.986 bits per heavy atom. The lowest BCUT2D eigenvalue weighted by atomic mass is 9.83. The van der Waals surface area contributed by atoms with Crippen LogP contribution in [0.1, 0.15) is 49.7 Å². The molecule has 69 heavy (non-hydrogen) atoms. The van der Waals surface area contributed by atoms with E-state index in [0.29, 0.717) is 5.56 Å². The lowest BCUT2D eigenvalue weighted by molar-refractivity contribution is -0.253. The number of hydrogen-bond acceptors (Lipinski definition) is 14. The summed E-state index contributed by atoms with van der Waals surface area (Å²) in [4.78, 5) is 52.5. The van der Waals surface area contributed by atoms with Gasteiger partial charge in [-0.05, 0) is 120 Å². The summed E-state index contributed by atoms with van der Waals surface area (Å²) in [6, 6.07) is 19.3. The molecule has 0 saturated heterocycles. The topological polar surface area (TPSA) is 216 Å². The number of anilines is 2. The van der Waals surface area contributed by atoms with Crippen LogP contribution in [-0.4, -0.2) is 78.8 Å². The fourth-order valence-corrected chi connectivity index (χ4v) is 6.10. The smallest absolute Gasteiger partial charge is 0.461 e. The van der Waals surface area contributed by atoms with Gasteiger partial charge in [0.2, 0.25) is 11.6 Å². The Labute approximate surface area is 385 Å². The largest absolute Gasteiger partial charge is 0.493 e. The number of rotatable bonds is 21. The van der Waals surface area contributed by atoms with Crippen molar-refractivity contribution in [3.63, 3.8) is 0 Å². The predicted molar refractivity (Wildman–Crippen MR) is 230 cm³/mol. The van der Waals surface area contributed by atoms with Crippen LogP contribution in [-0.2, 0) is 9.59 Å². The number of alkyl halides is 8. The molecule has 14 nitrogen and oxygen atoms in total. The Morgan fingerprint density at radius 1 is 0.580 bits per heavy atom. The van der Waals surface area contributed by atoms with Crippen LogP contribution in [0.3, 0.4) is 0 Å². The van der Waals surface area contributed by atoms with Gasteiger partial charge in [-0.15, -0.1) is 0 Å². The number of esters is 2. The normalized spacial score (nSPS) is 12.6. The number of benzene rings is 5. The first kappa shape index (κ1) is 52.0. The maximum absolute atomic E-state index is 13.5. The molecule has 0 fully saturated rings. The van der Waals surface area contributed by atoms with E-state index in [9.17, 15) is 64.5 Å². The molecule has 1 unspecified atom stereocenters. The second-order valence-corrected chi connectivity index (χ2v) is 14.5. The Hall–Kier alpha value is -7.98. The number of methoxy groups -OCH3 is 2. The minimum Gasteiger partial charge on any atom is -0.493 e. The molecule has 1 atom stereocenters. The lowest BCUT2D eigenvalue weighted by Gasteiger charge is -2.29. The molecule has 0 aliphatic carbocycles. The van der Waals surface area contributed by atoms with Crippen LogP contribution in [0, 0.1) is 0 Å². The molecule has 0 saturated carbocycles. The van der Waals surface area contributed by atoms with E-state index < -0.39 is 78.2 Å². The molecule has 364 valence electrons. The number of ketones is 2. The van der Waals surface area contributed by atoms with Gasteiger partial charge in [-0.2, -0.15) is 35.1 Å². The third-order valence-corrected chi connectivity index (χ3v) is 9.52. The van der Waals surface area contributed by atoms with Gasteiger partial charge >= 0.3 is 37.0 Å². The molecule has 0 aliphatic rings. The van der Waals surface area contributed by atoms with Gasteiger partial charge in [0.05, 0.1) is 31.3 Å². The van der Waals surface area contributed by atoms with Gasteiger partial charge in [-0.25, -0.2) is 9.59 Å². The number of nitrogen functional groups attached to an aromatic ring is 2. The first-order valence-electron chi connectivity index (χ1n) is 19.7. The van der Waals surface area contributed by atoms with Crippen molar-refractivity contribution in [1.82, 2.24) is 0 Å². The summed E-state index contributed by atoms with van der Waals surface area (Å²) in [7, 11) is 2.45. The van der Waals surface area contributed by atoms with Gasteiger partial charge in [0, 0.05) is 17.8 Å². The summed E-state index contributed by atoms with van der Waals surface area (Å²) in [5.41, 5.74) is 12.2. The number of carbonyl (C=O) groups is 4. The second-order valence-electron chi connectivity index (χ2n) is 14.5. The molecule has 5 aromatic rings. The first-order valence-corrected chi connectivity index (χ1v) is 19.7. The zero-order chi connectivity index (χ0) is 50.8. The molecule has 5 rings (SSSR count). The summed E-state index contributed by atoms with van der Waals surface area (Å²) in [6.45, 7) is 0. The van der Waals surface area contributed by atoms with E-state index in [2.05, 4.69) is 9.47 Å². The SMILES string of the molecule is COc1cc(C=CC(=O)CC(c2cc(N)cc(N)c2)C(O)(O)C(=O)C=Cc2ccc(OC(=O)c3ccc(OC(F)(F)C(F)F)cc3)c(OC)c2)ccc1OC(=O)c1ccc(OC(F)(F)C(F)F)cc1. The molecule has 0 aliphatic heterocycles. The number of nitrogens with two attached hydrogens (primary N) is 2. The predicted octanol–water partition coefficient (Wildman–Crippen LogP) is 8.50. The molecule has 6 N–H and O–H groups in total. The van der Waals surface area contributed by atoms with E-state index in [1.807, 2.05) is 0 Å². The van der Waals surface area contributed by atoms with E-state index in [4.69, 9.17) is 30.4 Å². The van der Waals surface area contributed by atoms with Crippen LogP contribution in [0.4, 0.5) is 46.5 Å². The number of ether oxygens (including phenoxy) is 6. The highest BCUT2D eigenvalue weighted by Crippen LogP contribution is 2.36. The van der Waals surface area contributed by atoms with Gasteiger partial charge in [0.15, 0.2) is 28.8 Å². The van der Waals surface area contributed by atoms with E-state index >= 15 is 0 Å². The third-order valence-electron chi connectivity index (χ3n) is 9.52. The standard InChI is InChI=1S/C47H38F8N2O12/c1-64-38-19-25(4-16-36(38)66-41(60)27-7-12-33(13-8-27)68-46(52,53)43(48)49)3-11-32(58)24-35(29-21-30(56)23-31(57)22-29)45(62,63)40(59)18-6-26-5-17-37(39(20-26)65-2)67-42(61)28-9-14-34(15-10-28)69-47(54,55)44(50)51/h3-23,35,43-44,62-63H,24,56-57H2,1-2H3. The summed E-state index contributed by atoms with van der Waals surface area (Å²) in [5.74, 6) is -10.6. The van der Waals surface area contributed by atoms with Crippen molar-refractivity contribution in [3.05, 3.63) is 143 Å². The van der Waals surface area contributed by atoms with Gasteiger partial charge in [-0.3, -0.25) is 9.59 Å². The summed E-state index contributed by atoms with van der Waals surface area (Å²) < 4.78 is 132. The maximum Gasteiger partial charge on any atom is 0.461 e. The zero-order valence-electron chi connectivity index (χ0n) is 35.7. The quantitative estimate of drug-likeness (QED) is 0.0136. The number of hydrogen-bond donors (Lipinski definition) is 4. The Bertz CT molecular complexity index is 2710. The van der Waals surface area contributed by atoms with Crippen molar-refractivity contribution in [1.29, 1.82) is 0 Å². The van der Waals surface area contributed by atoms with Crippen molar-refractivity contribution >= 4 is 47.0 Å².